The van der Waals surface area contributed by atoms with E-state index in [9.17, 15) is 4.79 Å². The topological polar surface area (TPSA) is 84.7 Å². The van der Waals surface area contributed by atoms with E-state index in [2.05, 4.69) is 25.6 Å². The van der Waals surface area contributed by atoms with Crippen LogP contribution in [0.1, 0.15) is 22.8 Å². The normalized spacial score (nSPS) is 10.8. The molecule has 0 aliphatic rings. The molecule has 0 aliphatic heterocycles. The third-order valence-electron chi connectivity index (χ3n) is 4.56. The van der Waals surface area contributed by atoms with Crippen LogP contribution in [-0.4, -0.2) is 38.5 Å². The van der Waals surface area contributed by atoms with Gasteiger partial charge in [-0.2, -0.15) is 4.98 Å². The van der Waals surface area contributed by atoms with Gasteiger partial charge in [0, 0.05) is 24.8 Å². The van der Waals surface area contributed by atoms with Crippen molar-refractivity contribution in [2.75, 3.05) is 18.4 Å². The Labute approximate surface area is 168 Å². The van der Waals surface area contributed by atoms with E-state index in [1.807, 2.05) is 66.1 Å². The van der Waals surface area contributed by atoms with Gasteiger partial charge in [-0.3, -0.25) is 9.36 Å². The molecule has 7 nitrogen and oxygen atoms in total. The summed E-state index contributed by atoms with van der Waals surface area (Å²) in [5.74, 6) is 1.26. The number of amides is 1. The highest BCUT2D eigenvalue weighted by atomic mass is 16.1. The van der Waals surface area contributed by atoms with Crippen LogP contribution < -0.4 is 10.6 Å². The number of hydrogen-bond acceptors (Lipinski definition) is 5. The maximum absolute atomic E-state index is 12.0. The van der Waals surface area contributed by atoms with Gasteiger partial charge in [0.05, 0.1) is 11.0 Å². The van der Waals surface area contributed by atoms with Gasteiger partial charge >= 0.3 is 0 Å². The van der Waals surface area contributed by atoms with Crippen LogP contribution >= 0.6 is 0 Å². The number of nitrogens with zero attached hydrogens (tertiary/aromatic N) is 4. The van der Waals surface area contributed by atoms with Crippen molar-refractivity contribution < 1.29 is 4.79 Å². The largest absolute Gasteiger partial charge is 0.354 e. The lowest BCUT2D eigenvalue weighted by Gasteiger charge is -2.09. The maximum Gasteiger partial charge on any atom is 0.251 e. The van der Waals surface area contributed by atoms with E-state index >= 15 is 0 Å². The lowest BCUT2D eigenvalue weighted by atomic mass is 10.1. The highest BCUT2D eigenvalue weighted by Crippen LogP contribution is 2.17. The van der Waals surface area contributed by atoms with Crippen molar-refractivity contribution in [1.82, 2.24) is 24.8 Å². The fourth-order valence-electron chi connectivity index (χ4n) is 3.16. The number of imidazole rings is 1. The first-order valence-electron chi connectivity index (χ1n) is 9.61. The average molecular weight is 386 g/mol. The Kier molecular flexibility index (Phi) is 5.47. The molecule has 0 atom stereocenters. The van der Waals surface area contributed by atoms with Crippen LogP contribution in [0.3, 0.4) is 0 Å². The molecule has 2 N–H and O–H groups in total. The Bertz CT molecular complexity index is 1140. The zero-order chi connectivity index (χ0) is 20.1. The van der Waals surface area contributed by atoms with Crippen molar-refractivity contribution in [3.63, 3.8) is 0 Å². The predicted molar refractivity (Wildman–Crippen MR) is 113 cm³/mol. The minimum Gasteiger partial charge on any atom is -0.354 e. The summed E-state index contributed by atoms with van der Waals surface area (Å²) in [6.07, 6.45) is 4.26. The number of carbonyl (C=O) groups excluding carboxylic acids is 1. The van der Waals surface area contributed by atoms with Gasteiger partial charge in [0.2, 0.25) is 5.95 Å². The lowest BCUT2D eigenvalue weighted by molar-refractivity contribution is 0.0955. The van der Waals surface area contributed by atoms with E-state index in [1.165, 1.54) is 0 Å². The number of fused-ring (bicyclic) bond motifs is 1. The molecule has 4 aromatic rings. The van der Waals surface area contributed by atoms with Gasteiger partial charge in [-0.15, -0.1) is 0 Å². The van der Waals surface area contributed by atoms with Gasteiger partial charge in [-0.1, -0.05) is 24.3 Å². The molecule has 0 saturated carbocycles. The third kappa shape index (κ3) is 4.24. The summed E-state index contributed by atoms with van der Waals surface area (Å²) in [6.45, 7) is 3.18. The van der Waals surface area contributed by atoms with Crippen LogP contribution in [0.2, 0.25) is 0 Å². The molecule has 0 unspecified atom stereocenters. The number of aromatic nitrogens is 4. The summed E-state index contributed by atoms with van der Waals surface area (Å²) in [5, 5.41) is 6.08. The van der Waals surface area contributed by atoms with Gasteiger partial charge in [0.15, 0.2) is 0 Å². The van der Waals surface area contributed by atoms with Gasteiger partial charge in [-0.25, -0.2) is 9.97 Å². The first kappa shape index (κ1) is 18.6. The number of carbonyl (C=O) groups is 1. The van der Waals surface area contributed by atoms with Crippen LogP contribution in [-0.2, 0) is 6.42 Å². The van der Waals surface area contributed by atoms with E-state index in [-0.39, 0.29) is 5.91 Å². The van der Waals surface area contributed by atoms with Gasteiger partial charge in [0.1, 0.15) is 12.1 Å². The Balaban J connectivity index is 1.43. The molecule has 0 spiro atoms. The first-order valence-corrected chi connectivity index (χ1v) is 9.61. The molecular weight excluding hydrogens is 364 g/mol. The summed E-state index contributed by atoms with van der Waals surface area (Å²) in [5.41, 5.74) is 3.68. The van der Waals surface area contributed by atoms with Gasteiger partial charge in [0.25, 0.3) is 5.91 Å². The predicted octanol–water partition coefficient (Wildman–Crippen LogP) is 3.22. The molecule has 2 aromatic heterocycles. The van der Waals surface area contributed by atoms with Crippen molar-refractivity contribution >= 4 is 22.9 Å². The van der Waals surface area contributed by atoms with Crippen LogP contribution in [0.15, 0.2) is 67.1 Å². The molecule has 0 saturated heterocycles. The van der Waals surface area contributed by atoms with Crippen molar-refractivity contribution in [1.29, 1.82) is 0 Å². The number of nitrogens with one attached hydrogen (secondary N) is 2. The van der Waals surface area contributed by atoms with Gasteiger partial charge in [-0.05, 0) is 49.2 Å². The summed E-state index contributed by atoms with van der Waals surface area (Å²) < 4.78 is 1.94. The minimum atomic E-state index is -0.0501. The summed E-state index contributed by atoms with van der Waals surface area (Å²) in [4.78, 5) is 25.3. The van der Waals surface area contributed by atoms with Crippen LogP contribution in [0.5, 0.6) is 0 Å². The molecule has 0 aliphatic carbocycles. The SMILES string of the molecule is CCNC(=O)c1cccc(CCNc2nccc(-n3cnc4ccccc43)n2)c1. The standard InChI is InChI=1S/C22H22N6O/c1-2-23-21(29)17-7-5-6-16(14-17)10-12-24-22-25-13-11-20(27-22)28-15-26-18-8-3-4-9-19(18)28/h3-9,11,13-15H,2,10,12H2,1H3,(H,23,29)(H,24,25,27). The minimum absolute atomic E-state index is 0.0501. The lowest BCUT2D eigenvalue weighted by Crippen LogP contribution is -2.22. The molecule has 29 heavy (non-hydrogen) atoms. The molecule has 0 radical (unpaired) electrons. The Morgan fingerprint density at radius 1 is 1.07 bits per heavy atom. The van der Waals surface area contributed by atoms with Crippen molar-refractivity contribution in [2.45, 2.75) is 13.3 Å². The fraction of sp³-hybridized carbons (Fsp3) is 0.182. The molecular formula is C22H22N6O. The molecule has 2 aromatic carbocycles. The number of benzene rings is 2. The molecule has 1 amide bonds. The Morgan fingerprint density at radius 2 is 1.97 bits per heavy atom. The maximum atomic E-state index is 12.0. The van der Waals surface area contributed by atoms with Crippen LogP contribution in [0.4, 0.5) is 5.95 Å². The molecule has 4 rings (SSSR count). The zero-order valence-corrected chi connectivity index (χ0v) is 16.2. The highest BCUT2D eigenvalue weighted by molar-refractivity contribution is 5.94. The molecule has 0 fully saturated rings. The first-order chi connectivity index (χ1) is 14.2. The second kappa shape index (κ2) is 8.52. The monoisotopic (exact) mass is 386 g/mol. The van der Waals surface area contributed by atoms with E-state index in [0.717, 1.165) is 28.8 Å². The highest BCUT2D eigenvalue weighted by Gasteiger charge is 2.07. The average Bonchev–Trinajstić information content (AvgIpc) is 3.19. The quantitative estimate of drug-likeness (QED) is 0.509. The second-order valence-electron chi connectivity index (χ2n) is 6.58. The third-order valence-corrected chi connectivity index (χ3v) is 4.56. The molecule has 146 valence electrons. The second-order valence-corrected chi connectivity index (χ2v) is 6.58. The smallest absolute Gasteiger partial charge is 0.251 e. The van der Waals surface area contributed by atoms with Gasteiger partial charge < -0.3 is 10.6 Å². The molecule has 2 heterocycles. The molecule has 7 heteroatoms. The van der Waals surface area contributed by atoms with Crippen LogP contribution in [0, 0.1) is 0 Å². The summed E-state index contributed by atoms with van der Waals surface area (Å²) in [7, 11) is 0. The van der Waals surface area contributed by atoms with E-state index in [1.54, 1.807) is 12.5 Å². The number of anilines is 1. The Morgan fingerprint density at radius 3 is 2.86 bits per heavy atom. The Hall–Kier alpha value is -3.74. The molecule has 0 bridgehead atoms. The summed E-state index contributed by atoms with van der Waals surface area (Å²) in [6, 6.07) is 17.4. The number of para-hydroxylation sites is 2. The van der Waals surface area contributed by atoms with Crippen molar-refractivity contribution in [3.8, 4) is 5.82 Å². The number of rotatable bonds is 7. The summed E-state index contributed by atoms with van der Waals surface area (Å²) >= 11 is 0. The van der Waals surface area contributed by atoms with E-state index in [0.29, 0.717) is 24.6 Å². The van der Waals surface area contributed by atoms with Crippen molar-refractivity contribution in [2.24, 2.45) is 0 Å². The zero-order valence-electron chi connectivity index (χ0n) is 16.2. The van der Waals surface area contributed by atoms with E-state index < -0.39 is 0 Å². The number of hydrogen-bond donors (Lipinski definition) is 2. The van der Waals surface area contributed by atoms with E-state index in [4.69, 9.17) is 0 Å². The van der Waals surface area contributed by atoms with Crippen LogP contribution in [0.25, 0.3) is 16.9 Å². The fourth-order valence-corrected chi connectivity index (χ4v) is 3.16. The van der Waals surface area contributed by atoms with Crippen molar-refractivity contribution in [3.05, 3.63) is 78.2 Å².